The summed E-state index contributed by atoms with van der Waals surface area (Å²) in [4.78, 5) is 10.4. The molecule has 14 heavy (non-hydrogen) atoms. The fraction of sp³-hybridized carbons (Fsp3) is 0.364. The van der Waals surface area contributed by atoms with Crippen LogP contribution in [0.15, 0.2) is 30.3 Å². The summed E-state index contributed by atoms with van der Waals surface area (Å²) in [6, 6.07) is 9.91. The highest BCUT2D eigenvalue weighted by molar-refractivity contribution is 5.57. The first-order valence-corrected chi connectivity index (χ1v) is 4.72. The van der Waals surface area contributed by atoms with Crippen molar-refractivity contribution in [3.05, 3.63) is 35.9 Å². The first-order chi connectivity index (χ1) is 6.77. The second kappa shape index (κ2) is 3.70. The van der Waals surface area contributed by atoms with E-state index in [1.54, 1.807) is 0 Å². The number of benzene rings is 1. The Morgan fingerprint density at radius 3 is 2.50 bits per heavy atom. The van der Waals surface area contributed by atoms with Gasteiger partial charge in [0.15, 0.2) is 0 Å². The maximum atomic E-state index is 10.4. The fourth-order valence-corrected chi connectivity index (χ4v) is 1.82. The van der Waals surface area contributed by atoms with Crippen LogP contribution < -0.4 is 0 Å². The van der Waals surface area contributed by atoms with Gasteiger partial charge in [-0.05, 0) is 18.4 Å². The molecule has 1 aliphatic rings. The molecule has 0 aromatic heterocycles. The average molecular weight is 192 g/mol. The minimum atomic E-state index is -1.17. The molecule has 1 N–H and O–H groups in total. The van der Waals surface area contributed by atoms with Crippen molar-refractivity contribution in [3.63, 3.8) is 0 Å². The zero-order valence-electron chi connectivity index (χ0n) is 7.72. The molecule has 0 amide bonds. The summed E-state index contributed by atoms with van der Waals surface area (Å²) < 4.78 is 4.77. The minimum absolute atomic E-state index is 0.144. The van der Waals surface area contributed by atoms with Crippen molar-refractivity contribution >= 4 is 6.16 Å². The van der Waals surface area contributed by atoms with Gasteiger partial charge in [-0.25, -0.2) is 4.79 Å². The van der Waals surface area contributed by atoms with E-state index in [2.05, 4.69) is 0 Å². The number of rotatable bonds is 2. The standard InChI is InChI=1S/C11H12O3/c12-11(13)14-10-7-6-9(10)8-4-2-1-3-5-8/h1-5,9-10H,6-7H2,(H,12,13). The number of carboxylic acid groups (broad SMARTS) is 1. The van der Waals surface area contributed by atoms with E-state index in [4.69, 9.17) is 9.84 Å². The number of ether oxygens (including phenoxy) is 1. The summed E-state index contributed by atoms with van der Waals surface area (Å²) in [6.07, 6.45) is 0.541. The zero-order valence-corrected chi connectivity index (χ0v) is 7.72. The van der Waals surface area contributed by atoms with Crippen molar-refractivity contribution in [3.8, 4) is 0 Å². The van der Waals surface area contributed by atoms with Gasteiger partial charge in [0.05, 0.1) is 0 Å². The van der Waals surface area contributed by atoms with Gasteiger partial charge in [-0.3, -0.25) is 0 Å². The normalized spacial score (nSPS) is 25.1. The predicted molar refractivity (Wildman–Crippen MR) is 51.3 cm³/mol. The third-order valence-electron chi connectivity index (χ3n) is 2.69. The molecule has 1 aromatic rings. The van der Waals surface area contributed by atoms with E-state index in [-0.39, 0.29) is 12.0 Å². The van der Waals surface area contributed by atoms with Crippen LogP contribution in [0.3, 0.4) is 0 Å². The van der Waals surface area contributed by atoms with Gasteiger partial charge in [0.2, 0.25) is 0 Å². The van der Waals surface area contributed by atoms with E-state index < -0.39 is 6.16 Å². The number of hydrogen-bond acceptors (Lipinski definition) is 2. The molecule has 0 aliphatic heterocycles. The lowest BCUT2D eigenvalue weighted by Crippen LogP contribution is -2.33. The Kier molecular flexibility index (Phi) is 2.39. The molecule has 0 bridgehead atoms. The second-order valence-corrected chi connectivity index (χ2v) is 3.52. The molecule has 3 heteroatoms. The molecule has 0 spiro atoms. The molecular formula is C11H12O3. The molecule has 3 nitrogen and oxygen atoms in total. The van der Waals surface area contributed by atoms with Crippen LogP contribution in [0, 0.1) is 0 Å². The minimum Gasteiger partial charge on any atom is -0.450 e. The molecule has 1 saturated carbocycles. The highest BCUT2D eigenvalue weighted by atomic mass is 16.7. The molecule has 74 valence electrons. The van der Waals surface area contributed by atoms with Crippen LogP contribution in [-0.2, 0) is 4.74 Å². The lowest BCUT2D eigenvalue weighted by molar-refractivity contribution is 0.00220. The van der Waals surface area contributed by atoms with E-state index in [1.165, 1.54) is 5.56 Å². The Labute approximate surface area is 82.3 Å². The van der Waals surface area contributed by atoms with E-state index in [0.717, 1.165) is 12.8 Å². The maximum Gasteiger partial charge on any atom is 0.506 e. The second-order valence-electron chi connectivity index (χ2n) is 3.52. The molecule has 2 atom stereocenters. The van der Waals surface area contributed by atoms with Crippen molar-refractivity contribution in [1.82, 2.24) is 0 Å². The third-order valence-corrected chi connectivity index (χ3v) is 2.69. The zero-order chi connectivity index (χ0) is 9.97. The molecule has 1 aliphatic carbocycles. The molecule has 1 fully saturated rings. The monoisotopic (exact) mass is 192 g/mol. The van der Waals surface area contributed by atoms with Crippen LogP contribution in [-0.4, -0.2) is 17.4 Å². The lowest BCUT2D eigenvalue weighted by atomic mass is 9.77. The molecule has 0 heterocycles. The Balaban J connectivity index is 2.03. The van der Waals surface area contributed by atoms with Crippen LogP contribution in [0.4, 0.5) is 4.79 Å². The van der Waals surface area contributed by atoms with Crippen LogP contribution in [0.2, 0.25) is 0 Å². The molecule has 2 unspecified atom stereocenters. The van der Waals surface area contributed by atoms with E-state index in [1.807, 2.05) is 30.3 Å². The van der Waals surface area contributed by atoms with Crippen LogP contribution in [0.25, 0.3) is 0 Å². The Morgan fingerprint density at radius 2 is 2.00 bits per heavy atom. The van der Waals surface area contributed by atoms with Crippen LogP contribution in [0.5, 0.6) is 0 Å². The highest BCUT2D eigenvalue weighted by Crippen LogP contribution is 2.38. The van der Waals surface area contributed by atoms with E-state index in [0.29, 0.717) is 0 Å². The van der Waals surface area contributed by atoms with Crippen molar-refractivity contribution in [2.24, 2.45) is 0 Å². The quantitative estimate of drug-likeness (QED) is 0.732. The average Bonchev–Trinajstić information content (AvgIpc) is 2.14. The summed E-state index contributed by atoms with van der Waals surface area (Å²) in [5.41, 5.74) is 1.17. The summed E-state index contributed by atoms with van der Waals surface area (Å²) in [7, 11) is 0. The Bertz CT molecular complexity index is 321. The number of carbonyl (C=O) groups is 1. The van der Waals surface area contributed by atoms with Gasteiger partial charge >= 0.3 is 6.16 Å². The summed E-state index contributed by atoms with van der Waals surface area (Å²) in [6.45, 7) is 0. The Morgan fingerprint density at radius 1 is 1.29 bits per heavy atom. The van der Waals surface area contributed by atoms with Crippen molar-refractivity contribution < 1.29 is 14.6 Å². The number of hydrogen-bond donors (Lipinski definition) is 1. The molecule has 0 radical (unpaired) electrons. The topological polar surface area (TPSA) is 46.5 Å². The van der Waals surface area contributed by atoms with Crippen LogP contribution >= 0.6 is 0 Å². The first-order valence-electron chi connectivity index (χ1n) is 4.72. The fourth-order valence-electron chi connectivity index (χ4n) is 1.82. The van der Waals surface area contributed by atoms with Crippen molar-refractivity contribution in [1.29, 1.82) is 0 Å². The van der Waals surface area contributed by atoms with Gasteiger partial charge < -0.3 is 9.84 Å². The van der Waals surface area contributed by atoms with Crippen molar-refractivity contribution in [2.75, 3.05) is 0 Å². The molecule has 1 aromatic carbocycles. The third kappa shape index (κ3) is 1.71. The van der Waals surface area contributed by atoms with Gasteiger partial charge in [-0.15, -0.1) is 0 Å². The van der Waals surface area contributed by atoms with Crippen LogP contribution in [0.1, 0.15) is 24.3 Å². The Hall–Kier alpha value is -1.51. The SMILES string of the molecule is O=C(O)OC1CCC1c1ccccc1. The maximum absolute atomic E-state index is 10.4. The smallest absolute Gasteiger partial charge is 0.450 e. The summed E-state index contributed by atoms with van der Waals surface area (Å²) >= 11 is 0. The first kappa shape index (κ1) is 9.06. The summed E-state index contributed by atoms with van der Waals surface area (Å²) in [5, 5.41) is 8.49. The van der Waals surface area contributed by atoms with Gasteiger partial charge in [0.1, 0.15) is 6.10 Å². The van der Waals surface area contributed by atoms with Crippen molar-refractivity contribution in [2.45, 2.75) is 24.9 Å². The summed E-state index contributed by atoms with van der Waals surface area (Å²) in [5.74, 6) is 0.257. The predicted octanol–water partition coefficient (Wildman–Crippen LogP) is 2.63. The van der Waals surface area contributed by atoms with Gasteiger partial charge in [-0.2, -0.15) is 0 Å². The molecule has 2 rings (SSSR count). The van der Waals surface area contributed by atoms with E-state index in [9.17, 15) is 4.79 Å². The largest absolute Gasteiger partial charge is 0.506 e. The lowest BCUT2D eigenvalue weighted by Gasteiger charge is -2.35. The van der Waals surface area contributed by atoms with Gasteiger partial charge in [-0.1, -0.05) is 30.3 Å². The van der Waals surface area contributed by atoms with Gasteiger partial charge in [0.25, 0.3) is 0 Å². The molecule has 0 saturated heterocycles. The molecular weight excluding hydrogens is 180 g/mol. The van der Waals surface area contributed by atoms with Gasteiger partial charge in [0, 0.05) is 5.92 Å². The van der Waals surface area contributed by atoms with E-state index >= 15 is 0 Å². The highest BCUT2D eigenvalue weighted by Gasteiger charge is 2.35.